The molecule has 1 heterocycles. The van der Waals surface area contributed by atoms with E-state index in [9.17, 15) is 0 Å². The second-order valence-corrected chi connectivity index (χ2v) is 5.30. The lowest BCUT2D eigenvalue weighted by Gasteiger charge is -2.03. The number of hydrogen-bond acceptors (Lipinski definition) is 3. The van der Waals surface area contributed by atoms with Crippen molar-refractivity contribution in [1.82, 2.24) is 4.98 Å². The maximum absolute atomic E-state index is 5.18. The Labute approximate surface area is 113 Å². The first-order valence-corrected chi connectivity index (χ1v) is 6.80. The Morgan fingerprint density at radius 3 is 2.76 bits per heavy atom. The molecular weight excluding hydrogens is 298 g/mol. The Morgan fingerprint density at radius 1 is 1.35 bits per heavy atom. The molecule has 17 heavy (non-hydrogen) atoms. The topological polar surface area (TPSA) is 22.1 Å². The lowest BCUT2D eigenvalue weighted by molar-refractivity contribution is 0.412. The van der Waals surface area contributed by atoms with Gasteiger partial charge in [0.25, 0.3) is 0 Å². The van der Waals surface area contributed by atoms with Crippen LogP contribution in [0.1, 0.15) is 16.3 Å². The molecule has 2 aromatic rings. The number of nitrogens with zero attached hydrogens (tertiary/aromatic N) is 1. The Morgan fingerprint density at radius 2 is 2.18 bits per heavy atom. The van der Waals surface area contributed by atoms with Gasteiger partial charge in [0, 0.05) is 11.1 Å². The highest BCUT2D eigenvalue weighted by Gasteiger charge is 1.99. The van der Waals surface area contributed by atoms with Gasteiger partial charge < -0.3 is 4.74 Å². The summed E-state index contributed by atoms with van der Waals surface area (Å²) in [6, 6.07) is 5.98. The van der Waals surface area contributed by atoms with E-state index >= 15 is 0 Å². The molecule has 0 saturated carbocycles. The average Bonchev–Trinajstić information content (AvgIpc) is 2.73. The third kappa shape index (κ3) is 3.17. The summed E-state index contributed by atoms with van der Waals surface area (Å²) in [4.78, 5) is 4.38. The van der Waals surface area contributed by atoms with Crippen LogP contribution in [0.25, 0.3) is 12.2 Å². The van der Waals surface area contributed by atoms with Crippen molar-refractivity contribution >= 4 is 39.4 Å². The summed E-state index contributed by atoms with van der Waals surface area (Å²) >= 11 is 5.11. The summed E-state index contributed by atoms with van der Waals surface area (Å²) in [6.45, 7) is 2.00. The first kappa shape index (κ1) is 12.3. The predicted molar refractivity (Wildman–Crippen MR) is 76.5 cm³/mol. The molecule has 0 aliphatic carbocycles. The number of benzene rings is 1. The quantitative estimate of drug-likeness (QED) is 0.838. The minimum Gasteiger partial charge on any atom is -0.496 e. The summed E-state index contributed by atoms with van der Waals surface area (Å²) in [5, 5.41) is 3.07. The second-order valence-electron chi connectivity index (χ2n) is 3.55. The molecular formula is C13H12BrNOS. The number of methoxy groups -OCH3 is 1. The number of rotatable bonds is 3. The molecule has 0 aliphatic rings. The van der Waals surface area contributed by atoms with Gasteiger partial charge in [0.1, 0.15) is 10.8 Å². The third-order valence-electron chi connectivity index (χ3n) is 2.23. The lowest BCUT2D eigenvalue weighted by Crippen LogP contribution is -1.84. The minimum atomic E-state index is 0.840. The molecule has 1 aromatic heterocycles. The van der Waals surface area contributed by atoms with Crippen LogP contribution in [0.2, 0.25) is 0 Å². The molecule has 2 nitrogen and oxygen atoms in total. The van der Waals surface area contributed by atoms with E-state index in [1.807, 2.05) is 42.7 Å². The van der Waals surface area contributed by atoms with E-state index in [4.69, 9.17) is 4.74 Å². The summed E-state index contributed by atoms with van der Waals surface area (Å²) in [7, 11) is 1.66. The van der Waals surface area contributed by atoms with E-state index in [1.165, 1.54) is 0 Å². The number of aryl methyl sites for hydroxylation is 1. The smallest absolute Gasteiger partial charge is 0.133 e. The van der Waals surface area contributed by atoms with Crippen LogP contribution in [0, 0.1) is 6.92 Å². The van der Waals surface area contributed by atoms with Crippen molar-refractivity contribution in [1.29, 1.82) is 0 Å². The number of halogens is 1. The van der Waals surface area contributed by atoms with Crippen LogP contribution in [0.4, 0.5) is 0 Å². The molecule has 0 fully saturated rings. The highest BCUT2D eigenvalue weighted by molar-refractivity contribution is 9.10. The molecule has 0 N–H and O–H groups in total. The van der Waals surface area contributed by atoms with Crippen molar-refractivity contribution in [2.45, 2.75) is 6.92 Å². The monoisotopic (exact) mass is 309 g/mol. The van der Waals surface area contributed by atoms with Crippen LogP contribution >= 0.6 is 27.3 Å². The fourth-order valence-electron chi connectivity index (χ4n) is 1.40. The molecule has 0 aliphatic heterocycles. The number of hydrogen-bond donors (Lipinski definition) is 0. The van der Waals surface area contributed by atoms with Gasteiger partial charge in [-0.1, -0.05) is 12.1 Å². The Balaban J connectivity index is 2.19. The van der Waals surface area contributed by atoms with Crippen molar-refractivity contribution in [2.75, 3.05) is 7.11 Å². The van der Waals surface area contributed by atoms with E-state index in [0.29, 0.717) is 0 Å². The van der Waals surface area contributed by atoms with Gasteiger partial charge in [0.2, 0.25) is 0 Å². The molecule has 0 spiro atoms. The standard InChI is InChI=1S/C13H12BrNOS/c1-9-8-17-13(15-9)6-4-10-3-5-12(16-2)11(14)7-10/h3-8H,1-2H3/b6-4+. The van der Waals surface area contributed by atoms with Crippen LogP contribution in [0.15, 0.2) is 28.1 Å². The summed E-state index contributed by atoms with van der Waals surface area (Å²) in [5.74, 6) is 0.840. The van der Waals surface area contributed by atoms with Crippen LogP contribution < -0.4 is 4.74 Å². The van der Waals surface area contributed by atoms with E-state index in [0.717, 1.165) is 26.5 Å². The van der Waals surface area contributed by atoms with E-state index < -0.39 is 0 Å². The van der Waals surface area contributed by atoms with Crippen molar-refractivity contribution in [3.63, 3.8) is 0 Å². The first-order valence-electron chi connectivity index (χ1n) is 5.13. The number of ether oxygens (including phenoxy) is 1. The van der Waals surface area contributed by atoms with Gasteiger partial charge in [-0.05, 0) is 46.6 Å². The van der Waals surface area contributed by atoms with Crippen molar-refractivity contribution < 1.29 is 4.74 Å². The molecule has 4 heteroatoms. The molecule has 2 rings (SSSR count). The van der Waals surface area contributed by atoms with E-state index in [-0.39, 0.29) is 0 Å². The van der Waals surface area contributed by atoms with Crippen LogP contribution in [0.3, 0.4) is 0 Å². The van der Waals surface area contributed by atoms with Gasteiger partial charge in [0.05, 0.1) is 11.6 Å². The number of aromatic nitrogens is 1. The Bertz CT molecular complexity index is 548. The molecule has 1 aromatic carbocycles. The molecule has 0 amide bonds. The van der Waals surface area contributed by atoms with E-state index in [1.54, 1.807) is 18.4 Å². The van der Waals surface area contributed by atoms with Gasteiger partial charge >= 0.3 is 0 Å². The minimum absolute atomic E-state index is 0.840. The van der Waals surface area contributed by atoms with Crippen LogP contribution in [0.5, 0.6) is 5.75 Å². The Kier molecular flexibility index (Phi) is 3.97. The molecule has 88 valence electrons. The molecule has 0 unspecified atom stereocenters. The highest BCUT2D eigenvalue weighted by atomic mass is 79.9. The molecule has 0 radical (unpaired) electrons. The fraction of sp³-hybridized carbons (Fsp3) is 0.154. The van der Waals surface area contributed by atoms with Gasteiger partial charge in [-0.25, -0.2) is 4.98 Å². The number of thiazole rings is 1. The SMILES string of the molecule is COc1ccc(/C=C/c2nc(C)cs2)cc1Br. The largest absolute Gasteiger partial charge is 0.496 e. The predicted octanol–water partition coefficient (Wildman–Crippen LogP) is 4.39. The van der Waals surface area contributed by atoms with Crippen LogP contribution in [-0.2, 0) is 0 Å². The van der Waals surface area contributed by atoms with Gasteiger partial charge in [-0.3, -0.25) is 0 Å². The Hall–Kier alpha value is -1.13. The summed E-state index contributed by atoms with van der Waals surface area (Å²) < 4.78 is 6.14. The van der Waals surface area contributed by atoms with Crippen LogP contribution in [-0.4, -0.2) is 12.1 Å². The molecule has 0 atom stereocenters. The van der Waals surface area contributed by atoms with Crippen molar-refractivity contribution in [3.8, 4) is 5.75 Å². The maximum Gasteiger partial charge on any atom is 0.133 e. The highest BCUT2D eigenvalue weighted by Crippen LogP contribution is 2.26. The molecule has 0 bridgehead atoms. The normalized spacial score (nSPS) is 11.0. The molecule has 0 saturated heterocycles. The zero-order valence-electron chi connectivity index (χ0n) is 9.61. The lowest BCUT2D eigenvalue weighted by atomic mass is 10.2. The fourth-order valence-corrected chi connectivity index (χ4v) is 2.65. The zero-order chi connectivity index (χ0) is 12.3. The van der Waals surface area contributed by atoms with E-state index in [2.05, 4.69) is 20.9 Å². The summed E-state index contributed by atoms with van der Waals surface area (Å²) in [6.07, 6.45) is 4.06. The summed E-state index contributed by atoms with van der Waals surface area (Å²) in [5.41, 5.74) is 2.18. The second kappa shape index (κ2) is 5.47. The first-order chi connectivity index (χ1) is 8.19. The van der Waals surface area contributed by atoms with Gasteiger partial charge in [-0.2, -0.15) is 0 Å². The van der Waals surface area contributed by atoms with Crippen molar-refractivity contribution in [2.24, 2.45) is 0 Å². The van der Waals surface area contributed by atoms with Crippen molar-refractivity contribution in [3.05, 3.63) is 44.3 Å². The third-order valence-corrected chi connectivity index (χ3v) is 3.78. The maximum atomic E-state index is 5.18. The van der Waals surface area contributed by atoms with Gasteiger partial charge in [-0.15, -0.1) is 11.3 Å². The average molecular weight is 310 g/mol. The zero-order valence-corrected chi connectivity index (χ0v) is 12.0. The van der Waals surface area contributed by atoms with Gasteiger partial charge in [0.15, 0.2) is 0 Å².